The molecule has 3 unspecified atom stereocenters. The predicted molar refractivity (Wildman–Crippen MR) is 301 cm³/mol. The maximum atomic E-state index is 13.3. The molecule has 408 valence electrons. The standard InChI is InChI=1S/C63H121NO5/c1-4-7-10-13-16-19-22-25-28-30-31-32-35-38-41-44-47-50-53-56-63(68)69-59(54-51-48-45-42-39-36-34-29-26-23-20-17-14-11-8-5-2)57-62(67)64-60(58-65)61(66)55-52-49-46-43-40-37-33-27-24-21-18-15-12-9-6-3/h29,34,36,39,59-61,65-66H,4-28,30-33,35,37-38,40-58H2,1-3H3,(H,64,67)/b34-29+,39-36+. The van der Waals surface area contributed by atoms with Crippen molar-refractivity contribution in [3.63, 3.8) is 0 Å². The molecule has 0 aromatic heterocycles. The number of ether oxygens (including phenoxy) is 1. The second kappa shape index (κ2) is 57.2. The Morgan fingerprint density at radius 1 is 0.420 bits per heavy atom. The summed E-state index contributed by atoms with van der Waals surface area (Å²) in [5.41, 5.74) is 0. The number of hydrogen-bond acceptors (Lipinski definition) is 5. The fourth-order valence-electron chi connectivity index (χ4n) is 9.84. The van der Waals surface area contributed by atoms with Gasteiger partial charge in [0.05, 0.1) is 25.2 Å². The van der Waals surface area contributed by atoms with Crippen LogP contribution in [0.25, 0.3) is 0 Å². The number of hydrogen-bond donors (Lipinski definition) is 3. The molecule has 0 spiro atoms. The lowest BCUT2D eigenvalue weighted by atomic mass is 10.0. The molecule has 6 nitrogen and oxygen atoms in total. The molecule has 0 radical (unpaired) electrons. The van der Waals surface area contributed by atoms with Gasteiger partial charge in [-0.3, -0.25) is 9.59 Å². The van der Waals surface area contributed by atoms with E-state index >= 15 is 0 Å². The molecule has 1 amide bonds. The van der Waals surface area contributed by atoms with Crippen molar-refractivity contribution in [2.24, 2.45) is 0 Å². The molecule has 0 fully saturated rings. The van der Waals surface area contributed by atoms with Gasteiger partial charge in [-0.15, -0.1) is 0 Å². The minimum absolute atomic E-state index is 0.0660. The highest BCUT2D eigenvalue weighted by molar-refractivity contribution is 5.77. The number of aliphatic hydroxyl groups is 2. The normalized spacial score (nSPS) is 13.2. The zero-order chi connectivity index (χ0) is 50.2. The van der Waals surface area contributed by atoms with E-state index in [-0.39, 0.29) is 24.9 Å². The van der Waals surface area contributed by atoms with Gasteiger partial charge in [0.25, 0.3) is 0 Å². The van der Waals surface area contributed by atoms with Crippen LogP contribution in [0.4, 0.5) is 0 Å². The van der Waals surface area contributed by atoms with E-state index in [0.717, 1.165) is 64.2 Å². The zero-order valence-corrected chi connectivity index (χ0v) is 46.7. The average molecular weight is 973 g/mol. The van der Waals surface area contributed by atoms with Crippen LogP contribution in [0.5, 0.6) is 0 Å². The number of nitrogens with one attached hydrogen (secondary N) is 1. The van der Waals surface area contributed by atoms with Crippen molar-refractivity contribution in [1.29, 1.82) is 0 Å². The van der Waals surface area contributed by atoms with Crippen LogP contribution in [0.2, 0.25) is 0 Å². The summed E-state index contributed by atoms with van der Waals surface area (Å²) in [5.74, 6) is -0.477. The number of amides is 1. The summed E-state index contributed by atoms with van der Waals surface area (Å²) < 4.78 is 5.97. The molecular weight excluding hydrogens is 851 g/mol. The molecule has 0 saturated carbocycles. The van der Waals surface area contributed by atoms with Gasteiger partial charge in [-0.05, 0) is 51.4 Å². The summed E-state index contributed by atoms with van der Waals surface area (Å²) in [7, 11) is 0. The Kier molecular flexibility index (Phi) is 55.9. The van der Waals surface area contributed by atoms with Crippen molar-refractivity contribution in [2.75, 3.05) is 6.61 Å². The third-order valence-corrected chi connectivity index (χ3v) is 14.6. The lowest BCUT2D eigenvalue weighted by molar-refractivity contribution is -0.151. The van der Waals surface area contributed by atoms with Crippen LogP contribution in [-0.2, 0) is 14.3 Å². The highest BCUT2D eigenvalue weighted by Gasteiger charge is 2.24. The number of carbonyl (C=O) groups is 2. The second-order valence-corrected chi connectivity index (χ2v) is 21.5. The van der Waals surface area contributed by atoms with Crippen molar-refractivity contribution < 1.29 is 24.5 Å². The first kappa shape index (κ1) is 67.3. The predicted octanol–water partition coefficient (Wildman–Crippen LogP) is 19.4. The first-order valence-corrected chi connectivity index (χ1v) is 31.1. The van der Waals surface area contributed by atoms with E-state index in [1.807, 2.05) is 0 Å². The first-order valence-electron chi connectivity index (χ1n) is 31.1. The molecule has 3 N–H and O–H groups in total. The van der Waals surface area contributed by atoms with E-state index < -0.39 is 18.2 Å². The highest BCUT2D eigenvalue weighted by atomic mass is 16.5. The molecule has 3 atom stereocenters. The molecular formula is C63H121NO5. The summed E-state index contributed by atoms with van der Waals surface area (Å²) in [5, 5.41) is 23.9. The number of aliphatic hydroxyl groups excluding tert-OH is 2. The van der Waals surface area contributed by atoms with Crippen LogP contribution in [0.3, 0.4) is 0 Å². The van der Waals surface area contributed by atoms with Gasteiger partial charge in [0.2, 0.25) is 5.91 Å². The van der Waals surface area contributed by atoms with Gasteiger partial charge in [-0.25, -0.2) is 0 Å². The molecule has 0 saturated heterocycles. The van der Waals surface area contributed by atoms with E-state index in [0.29, 0.717) is 19.3 Å². The minimum Gasteiger partial charge on any atom is -0.462 e. The van der Waals surface area contributed by atoms with Crippen LogP contribution in [-0.4, -0.2) is 46.9 Å². The molecule has 6 heteroatoms. The Hall–Kier alpha value is -1.66. The summed E-state index contributed by atoms with van der Waals surface area (Å²) in [6.45, 7) is 6.53. The van der Waals surface area contributed by atoms with Gasteiger partial charge in [0.1, 0.15) is 6.10 Å². The van der Waals surface area contributed by atoms with Crippen molar-refractivity contribution in [1.82, 2.24) is 5.32 Å². The number of esters is 1. The third-order valence-electron chi connectivity index (χ3n) is 14.6. The molecule has 0 rings (SSSR count). The van der Waals surface area contributed by atoms with Gasteiger partial charge in [0.15, 0.2) is 0 Å². The van der Waals surface area contributed by atoms with Crippen molar-refractivity contribution in [3.8, 4) is 0 Å². The fourth-order valence-corrected chi connectivity index (χ4v) is 9.84. The topological polar surface area (TPSA) is 95.9 Å². The minimum atomic E-state index is -0.792. The van der Waals surface area contributed by atoms with Gasteiger partial charge < -0.3 is 20.3 Å². The number of allylic oxidation sites excluding steroid dienone is 4. The van der Waals surface area contributed by atoms with Gasteiger partial charge in [0, 0.05) is 6.42 Å². The van der Waals surface area contributed by atoms with E-state index in [2.05, 4.69) is 50.4 Å². The Morgan fingerprint density at radius 2 is 0.725 bits per heavy atom. The van der Waals surface area contributed by atoms with Crippen LogP contribution in [0.1, 0.15) is 342 Å². The van der Waals surface area contributed by atoms with E-state index in [1.165, 1.54) is 231 Å². The summed E-state index contributed by atoms with van der Waals surface area (Å²) in [6.07, 6.45) is 68.2. The highest BCUT2D eigenvalue weighted by Crippen LogP contribution is 2.19. The van der Waals surface area contributed by atoms with Crippen LogP contribution in [0.15, 0.2) is 24.3 Å². The van der Waals surface area contributed by atoms with Gasteiger partial charge in [-0.1, -0.05) is 302 Å². The summed E-state index contributed by atoms with van der Waals surface area (Å²) in [4.78, 5) is 26.3. The Bertz CT molecular complexity index is 1090. The van der Waals surface area contributed by atoms with Crippen molar-refractivity contribution >= 4 is 11.9 Å². The average Bonchev–Trinajstić information content (AvgIpc) is 3.34. The monoisotopic (exact) mass is 972 g/mol. The summed E-state index contributed by atoms with van der Waals surface area (Å²) in [6, 6.07) is -0.707. The maximum absolute atomic E-state index is 13.3. The smallest absolute Gasteiger partial charge is 0.306 e. The fraction of sp³-hybridized carbons (Fsp3) is 0.905. The van der Waals surface area contributed by atoms with Crippen LogP contribution < -0.4 is 5.32 Å². The largest absolute Gasteiger partial charge is 0.462 e. The second-order valence-electron chi connectivity index (χ2n) is 21.5. The SMILES string of the molecule is CCCCCCCCC/C=C/C=C/CCCCCC(CC(=O)NC(CO)C(O)CCCCCCCCCCCCCCCCC)OC(=O)CCCCCCCCCCCCCCCCCCCCC. The van der Waals surface area contributed by atoms with Crippen molar-refractivity contribution in [3.05, 3.63) is 24.3 Å². The summed E-state index contributed by atoms with van der Waals surface area (Å²) >= 11 is 0. The molecule has 0 aromatic carbocycles. The molecule has 0 bridgehead atoms. The van der Waals surface area contributed by atoms with E-state index in [1.54, 1.807) is 0 Å². The molecule has 0 aromatic rings. The molecule has 69 heavy (non-hydrogen) atoms. The molecule has 0 aliphatic carbocycles. The van der Waals surface area contributed by atoms with Crippen molar-refractivity contribution in [2.45, 2.75) is 360 Å². The Morgan fingerprint density at radius 3 is 1.09 bits per heavy atom. The number of unbranched alkanes of at least 4 members (excludes halogenated alkanes) is 42. The zero-order valence-electron chi connectivity index (χ0n) is 46.7. The Balaban J connectivity index is 4.53. The third kappa shape index (κ3) is 52.5. The quantitative estimate of drug-likeness (QED) is 0.0321. The van der Waals surface area contributed by atoms with Gasteiger partial charge in [-0.2, -0.15) is 0 Å². The number of carbonyl (C=O) groups excluding carboxylic acids is 2. The molecule has 0 aliphatic heterocycles. The first-order chi connectivity index (χ1) is 34.0. The van der Waals surface area contributed by atoms with E-state index in [9.17, 15) is 19.8 Å². The number of rotatable bonds is 57. The Labute approximate surface area is 431 Å². The van der Waals surface area contributed by atoms with Crippen LogP contribution in [0, 0.1) is 0 Å². The van der Waals surface area contributed by atoms with E-state index in [4.69, 9.17) is 4.74 Å². The maximum Gasteiger partial charge on any atom is 0.306 e. The van der Waals surface area contributed by atoms with Crippen LogP contribution >= 0.6 is 0 Å². The lowest BCUT2D eigenvalue weighted by Gasteiger charge is -2.24. The van der Waals surface area contributed by atoms with Gasteiger partial charge >= 0.3 is 5.97 Å². The molecule has 0 heterocycles. The lowest BCUT2D eigenvalue weighted by Crippen LogP contribution is -2.46. The molecule has 0 aliphatic rings.